The van der Waals surface area contributed by atoms with Crippen molar-refractivity contribution >= 4 is 5.91 Å². The molecule has 0 spiro atoms. The van der Waals surface area contributed by atoms with Crippen molar-refractivity contribution in [3.8, 4) is 0 Å². The van der Waals surface area contributed by atoms with Gasteiger partial charge in [-0.2, -0.15) is 0 Å². The maximum absolute atomic E-state index is 12.1. The molecule has 4 unspecified atom stereocenters. The first-order valence-corrected chi connectivity index (χ1v) is 7.25. The van der Waals surface area contributed by atoms with E-state index in [9.17, 15) is 4.79 Å². The van der Waals surface area contributed by atoms with Crippen molar-refractivity contribution in [1.82, 2.24) is 5.32 Å². The zero-order valence-corrected chi connectivity index (χ0v) is 11.0. The smallest absolute Gasteiger partial charge is 0.223 e. The van der Waals surface area contributed by atoms with Gasteiger partial charge in [0.25, 0.3) is 0 Å². The van der Waals surface area contributed by atoms with E-state index < -0.39 is 0 Å². The largest absolute Gasteiger partial charge is 0.353 e. The number of hydrogen-bond acceptors (Lipinski definition) is 2. The molecule has 2 saturated carbocycles. The van der Waals surface area contributed by atoms with Gasteiger partial charge in [-0.3, -0.25) is 4.79 Å². The molecule has 4 atom stereocenters. The van der Waals surface area contributed by atoms with Gasteiger partial charge in [-0.1, -0.05) is 26.2 Å². The van der Waals surface area contributed by atoms with Gasteiger partial charge in [-0.05, 0) is 38.0 Å². The van der Waals surface area contributed by atoms with Crippen LogP contribution in [-0.4, -0.2) is 18.0 Å². The van der Waals surface area contributed by atoms with Gasteiger partial charge in [0, 0.05) is 18.0 Å². The number of carbonyl (C=O) groups excluding carboxylic acids is 1. The van der Waals surface area contributed by atoms with Crippen LogP contribution >= 0.6 is 0 Å². The zero-order valence-electron chi connectivity index (χ0n) is 11.0. The molecule has 98 valence electrons. The minimum Gasteiger partial charge on any atom is -0.353 e. The summed E-state index contributed by atoms with van der Waals surface area (Å²) in [6, 6.07) is 0.679. The molecular weight excluding hydrogens is 212 g/mol. The predicted octanol–water partition coefficient (Wildman–Crippen LogP) is 2.20. The summed E-state index contributed by atoms with van der Waals surface area (Å²) >= 11 is 0. The highest BCUT2D eigenvalue weighted by Gasteiger charge is 2.30. The fourth-order valence-electron chi connectivity index (χ4n) is 3.37. The molecule has 2 aliphatic carbocycles. The molecule has 0 aromatic rings. The summed E-state index contributed by atoms with van der Waals surface area (Å²) in [7, 11) is 0. The van der Waals surface area contributed by atoms with Crippen molar-refractivity contribution in [2.24, 2.45) is 17.6 Å². The molecule has 2 aliphatic rings. The van der Waals surface area contributed by atoms with Crippen molar-refractivity contribution in [3.05, 3.63) is 0 Å². The van der Waals surface area contributed by atoms with E-state index in [2.05, 4.69) is 12.2 Å². The lowest BCUT2D eigenvalue weighted by molar-refractivity contribution is -0.125. The number of amides is 1. The summed E-state index contributed by atoms with van der Waals surface area (Å²) in [6.45, 7) is 2.25. The fraction of sp³-hybridized carbons (Fsp3) is 0.929. The van der Waals surface area contributed by atoms with E-state index in [1.165, 1.54) is 32.1 Å². The molecular formula is C14H26N2O. The van der Waals surface area contributed by atoms with Crippen LogP contribution in [-0.2, 0) is 4.79 Å². The van der Waals surface area contributed by atoms with Crippen molar-refractivity contribution in [1.29, 1.82) is 0 Å². The van der Waals surface area contributed by atoms with Gasteiger partial charge in [0.2, 0.25) is 5.91 Å². The van der Waals surface area contributed by atoms with E-state index >= 15 is 0 Å². The average molecular weight is 238 g/mol. The van der Waals surface area contributed by atoms with E-state index in [0.717, 1.165) is 25.2 Å². The van der Waals surface area contributed by atoms with Gasteiger partial charge >= 0.3 is 0 Å². The average Bonchev–Trinajstić information content (AvgIpc) is 2.76. The van der Waals surface area contributed by atoms with Crippen LogP contribution in [0.25, 0.3) is 0 Å². The number of carbonyl (C=O) groups is 1. The molecule has 0 heterocycles. The predicted molar refractivity (Wildman–Crippen MR) is 69.5 cm³/mol. The number of hydrogen-bond donors (Lipinski definition) is 2. The molecule has 3 nitrogen and oxygen atoms in total. The van der Waals surface area contributed by atoms with Gasteiger partial charge in [-0.25, -0.2) is 0 Å². The molecule has 3 heteroatoms. The molecule has 0 radical (unpaired) electrons. The molecule has 0 aliphatic heterocycles. The van der Waals surface area contributed by atoms with Crippen molar-refractivity contribution < 1.29 is 4.79 Å². The number of rotatable bonds is 3. The van der Waals surface area contributed by atoms with Crippen LogP contribution in [0.15, 0.2) is 0 Å². The highest BCUT2D eigenvalue weighted by molar-refractivity contribution is 5.79. The molecule has 1 amide bonds. The number of nitrogens with two attached hydrogens (primary N) is 1. The van der Waals surface area contributed by atoms with Gasteiger partial charge in [-0.15, -0.1) is 0 Å². The van der Waals surface area contributed by atoms with E-state index in [0.29, 0.717) is 6.04 Å². The van der Waals surface area contributed by atoms with Gasteiger partial charge < -0.3 is 11.1 Å². The van der Waals surface area contributed by atoms with Crippen molar-refractivity contribution in [2.75, 3.05) is 0 Å². The topological polar surface area (TPSA) is 55.1 Å². The molecule has 17 heavy (non-hydrogen) atoms. The van der Waals surface area contributed by atoms with Crippen LogP contribution in [0.4, 0.5) is 0 Å². The number of nitrogens with one attached hydrogen (secondary N) is 1. The fourth-order valence-corrected chi connectivity index (χ4v) is 3.37. The highest BCUT2D eigenvalue weighted by Crippen LogP contribution is 2.28. The second kappa shape index (κ2) is 5.85. The second-order valence-corrected chi connectivity index (χ2v) is 5.92. The van der Waals surface area contributed by atoms with Crippen LogP contribution in [0.5, 0.6) is 0 Å². The third-order valence-electron chi connectivity index (χ3n) is 4.55. The Morgan fingerprint density at radius 3 is 2.71 bits per heavy atom. The second-order valence-electron chi connectivity index (χ2n) is 5.92. The summed E-state index contributed by atoms with van der Waals surface area (Å²) in [5, 5.41) is 3.25. The first kappa shape index (κ1) is 12.9. The monoisotopic (exact) mass is 238 g/mol. The first-order valence-electron chi connectivity index (χ1n) is 7.25. The Morgan fingerprint density at radius 2 is 2.06 bits per heavy atom. The molecule has 2 fully saturated rings. The lowest BCUT2D eigenvalue weighted by atomic mass is 9.84. The standard InChI is InChI=1S/C14H26N2O/c1-2-10-4-3-5-13(8-10)16-14(17)11-6-7-12(15)9-11/h10-13H,2-9,15H2,1H3,(H,16,17). The lowest BCUT2D eigenvalue weighted by Gasteiger charge is -2.29. The maximum Gasteiger partial charge on any atom is 0.223 e. The van der Waals surface area contributed by atoms with Crippen LogP contribution in [0.3, 0.4) is 0 Å². The minimum atomic E-state index is 0.187. The van der Waals surface area contributed by atoms with E-state index in [4.69, 9.17) is 5.73 Å². The molecule has 3 N–H and O–H groups in total. The summed E-state index contributed by atoms with van der Waals surface area (Å²) in [6.07, 6.45) is 9.10. The normalized spacial score (nSPS) is 38.0. The maximum atomic E-state index is 12.1. The third-order valence-corrected chi connectivity index (χ3v) is 4.55. The minimum absolute atomic E-state index is 0.187. The lowest BCUT2D eigenvalue weighted by Crippen LogP contribution is -2.41. The molecule has 2 rings (SSSR count). The quantitative estimate of drug-likeness (QED) is 0.792. The molecule has 0 aromatic carbocycles. The van der Waals surface area contributed by atoms with Gasteiger partial charge in [0.1, 0.15) is 0 Å². The zero-order chi connectivity index (χ0) is 12.3. The third kappa shape index (κ3) is 3.44. The van der Waals surface area contributed by atoms with Crippen LogP contribution in [0, 0.1) is 11.8 Å². The molecule has 0 aromatic heterocycles. The Labute approximate surface area is 105 Å². The van der Waals surface area contributed by atoms with Crippen molar-refractivity contribution in [3.63, 3.8) is 0 Å². The Hall–Kier alpha value is -0.570. The van der Waals surface area contributed by atoms with Crippen LogP contribution < -0.4 is 11.1 Å². The summed E-state index contributed by atoms with van der Waals surface area (Å²) in [5.74, 6) is 1.27. The van der Waals surface area contributed by atoms with Crippen molar-refractivity contribution in [2.45, 2.75) is 70.4 Å². The van der Waals surface area contributed by atoms with Crippen LogP contribution in [0.2, 0.25) is 0 Å². The Bertz CT molecular complexity index is 267. The molecule has 0 bridgehead atoms. The van der Waals surface area contributed by atoms with E-state index in [1.54, 1.807) is 0 Å². The summed E-state index contributed by atoms with van der Waals surface area (Å²) in [5.41, 5.74) is 5.86. The highest BCUT2D eigenvalue weighted by atomic mass is 16.1. The SMILES string of the molecule is CCC1CCCC(NC(=O)C2CCC(N)C2)C1. The van der Waals surface area contributed by atoms with Crippen LogP contribution in [0.1, 0.15) is 58.3 Å². The van der Waals surface area contributed by atoms with Gasteiger partial charge in [0.05, 0.1) is 0 Å². The first-order chi connectivity index (χ1) is 8.19. The molecule has 0 saturated heterocycles. The Kier molecular flexibility index (Phi) is 4.43. The van der Waals surface area contributed by atoms with Gasteiger partial charge in [0.15, 0.2) is 0 Å². The van der Waals surface area contributed by atoms with E-state index in [-0.39, 0.29) is 17.9 Å². The summed E-state index contributed by atoms with van der Waals surface area (Å²) < 4.78 is 0. The Morgan fingerprint density at radius 1 is 1.24 bits per heavy atom. The van der Waals surface area contributed by atoms with E-state index in [1.807, 2.05) is 0 Å². The summed E-state index contributed by atoms with van der Waals surface area (Å²) in [4.78, 5) is 12.1. The Balaban J connectivity index is 1.78.